The zero-order chi connectivity index (χ0) is 14.1. The van der Waals surface area contributed by atoms with Crippen molar-refractivity contribution in [3.05, 3.63) is 35.9 Å². The van der Waals surface area contributed by atoms with Crippen LogP contribution >= 0.6 is 0 Å². The molecular formula is C14H20N2O3. The first-order valence-electron chi connectivity index (χ1n) is 6.35. The molecule has 1 aromatic carbocycles. The number of carboxylic acids is 1. The number of carbonyl (C=O) groups excluding carboxylic acids is 1. The van der Waals surface area contributed by atoms with Crippen LogP contribution in [0.15, 0.2) is 30.3 Å². The fourth-order valence-electron chi connectivity index (χ4n) is 1.58. The summed E-state index contributed by atoms with van der Waals surface area (Å²) in [5.74, 6) is -0.654. The SMILES string of the molecule is CC(CCC(=O)O)CNC(=O)NCc1ccccc1. The highest BCUT2D eigenvalue weighted by molar-refractivity contribution is 5.73. The number of aliphatic carboxylic acids is 1. The van der Waals surface area contributed by atoms with E-state index in [4.69, 9.17) is 5.11 Å². The Morgan fingerprint density at radius 2 is 1.89 bits per heavy atom. The van der Waals surface area contributed by atoms with Gasteiger partial charge in [0.25, 0.3) is 0 Å². The minimum absolute atomic E-state index is 0.133. The highest BCUT2D eigenvalue weighted by Gasteiger charge is 2.07. The van der Waals surface area contributed by atoms with E-state index in [2.05, 4.69) is 10.6 Å². The molecule has 0 aliphatic carbocycles. The van der Waals surface area contributed by atoms with Crippen LogP contribution in [0.25, 0.3) is 0 Å². The van der Waals surface area contributed by atoms with Gasteiger partial charge in [-0.05, 0) is 17.9 Å². The monoisotopic (exact) mass is 264 g/mol. The zero-order valence-corrected chi connectivity index (χ0v) is 11.1. The quantitative estimate of drug-likeness (QED) is 0.704. The summed E-state index contributed by atoms with van der Waals surface area (Å²) in [7, 11) is 0. The minimum Gasteiger partial charge on any atom is -0.481 e. The number of hydrogen-bond acceptors (Lipinski definition) is 2. The summed E-state index contributed by atoms with van der Waals surface area (Å²) in [4.78, 5) is 21.9. The number of carbonyl (C=O) groups is 2. The molecule has 0 aliphatic heterocycles. The summed E-state index contributed by atoms with van der Waals surface area (Å²) >= 11 is 0. The van der Waals surface area contributed by atoms with Gasteiger partial charge in [0.05, 0.1) is 0 Å². The minimum atomic E-state index is -0.805. The largest absolute Gasteiger partial charge is 0.481 e. The van der Waals surface area contributed by atoms with Crippen LogP contribution in [0.2, 0.25) is 0 Å². The summed E-state index contributed by atoms with van der Waals surface area (Å²) < 4.78 is 0. The maximum Gasteiger partial charge on any atom is 0.315 e. The lowest BCUT2D eigenvalue weighted by molar-refractivity contribution is -0.137. The molecule has 1 atom stereocenters. The number of hydrogen-bond donors (Lipinski definition) is 3. The van der Waals surface area contributed by atoms with E-state index in [-0.39, 0.29) is 18.4 Å². The molecule has 0 aliphatic rings. The highest BCUT2D eigenvalue weighted by atomic mass is 16.4. The van der Waals surface area contributed by atoms with E-state index in [1.54, 1.807) is 0 Å². The van der Waals surface area contributed by atoms with E-state index < -0.39 is 5.97 Å². The van der Waals surface area contributed by atoms with E-state index in [0.717, 1.165) is 5.56 Å². The number of nitrogens with one attached hydrogen (secondary N) is 2. The van der Waals surface area contributed by atoms with E-state index in [1.165, 1.54) is 0 Å². The third kappa shape index (κ3) is 7.08. The molecule has 1 aromatic rings. The normalized spacial score (nSPS) is 11.6. The predicted octanol–water partition coefficient (Wildman–Crippen LogP) is 1.99. The number of urea groups is 1. The van der Waals surface area contributed by atoms with Crippen molar-refractivity contribution in [2.75, 3.05) is 6.54 Å². The second-order valence-corrected chi connectivity index (χ2v) is 4.59. The first-order chi connectivity index (χ1) is 9.08. The van der Waals surface area contributed by atoms with Gasteiger partial charge in [-0.2, -0.15) is 0 Å². The van der Waals surface area contributed by atoms with Crippen LogP contribution in [-0.4, -0.2) is 23.7 Å². The third-order valence-electron chi connectivity index (χ3n) is 2.76. The van der Waals surface area contributed by atoms with Crippen molar-refractivity contribution in [1.82, 2.24) is 10.6 Å². The molecule has 0 fully saturated rings. The lowest BCUT2D eigenvalue weighted by atomic mass is 10.1. The van der Waals surface area contributed by atoms with Crippen LogP contribution in [0.3, 0.4) is 0 Å². The fraction of sp³-hybridized carbons (Fsp3) is 0.429. The molecule has 0 spiro atoms. The van der Waals surface area contributed by atoms with Crippen LogP contribution in [0.1, 0.15) is 25.3 Å². The molecule has 0 radical (unpaired) electrons. The Kier molecular flexibility index (Phi) is 6.43. The number of carboxylic acid groups (broad SMARTS) is 1. The summed E-state index contributed by atoms with van der Waals surface area (Å²) in [5, 5.41) is 14.0. The molecule has 0 bridgehead atoms. The predicted molar refractivity (Wildman–Crippen MR) is 72.7 cm³/mol. The molecule has 5 heteroatoms. The molecule has 0 saturated carbocycles. The van der Waals surface area contributed by atoms with E-state index in [9.17, 15) is 9.59 Å². The van der Waals surface area contributed by atoms with Gasteiger partial charge in [-0.25, -0.2) is 4.79 Å². The van der Waals surface area contributed by atoms with Crippen molar-refractivity contribution in [2.45, 2.75) is 26.3 Å². The molecule has 0 aromatic heterocycles. The molecule has 19 heavy (non-hydrogen) atoms. The lowest BCUT2D eigenvalue weighted by Crippen LogP contribution is -2.37. The van der Waals surface area contributed by atoms with Gasteiger partial charge in [0.1, 0.15) is 0 Å². The van der Waals surface area contributed by atoms with E-state index in [0.29, 0.717) is 19.5 Å². The third-order valence-corrected chi connectivity index (χ3v) is 2.76. The van der Waals surface area contributed by atoms with Crippen LogP contribution < -0.4 is 10.6 Å². The summed E-state index contributed by atoms with van der Waals surface area (Å²) in [6.45, 7) is 2.88. The van der Waals surface area contributed by atoms with Crippen molar-refractivity contribution in [3.8, 4) is 0 Å². The Morgan fingerprint density at radius 1 is 1.21 bits per heavy atom. The van der Waals surface area contributed by atoms with Crippen LogP contribution in [-0.2, 0) is 11.3 Å². The highest BCUT2D eigenvalue weighted by Crippen LogP contribution is 2.03. The maximum absolute atomic E-state index is 11.5. The van der Waals surface area contributed by atoms with Gasteiger partial charge >= 0.3 is 12.0 Å². The van der Waals surface area contributed by atoms with Gasteiger partial charge in [0, 0.05) is 19.5 Å². The van der Waals surface area contributed by atoms with Gasteiger partial charge in [-0.3, -0.25) is 4.79 Å². The maximum atomic E-state index is 11.5. The summed E-state index contributed by atoms with van der Waals surface area (Å²) in [5.41, 5.74) is 1.04. The Hall–Kier alpha value is -2.04. The topological polar surface area (TPSA) is 78.4 Å². The fourth-order valence-corrected chi connectivity index (χ4v) is 1.58. The zero-order valence-electron chi connectivity index (χ0n) is 11.1. The molecule has 104 valence electrons. The van der Waals surface area contributed by atoms with Crippen molar-refractivity contribution < 1.29 is 14.7 Å². The standard InChI is InChI=1S/C14H20N2O3/c1-11(7-8-13(17)18)9-15-14(19)16-10-12-5-3-2-4-6-12/h2-6,11H,7-10H2,1H3,(H,17,18)(H2,15,16,19). The molecule has 2 amide bonds. The van der Waals surface area contributed by atoms with Gasteiger partial charge in [-0.15, -0.1) is 0 Å². The smallest absolute Gasteiger partial charge is 0.315 e. The Morgan fingerprint density at radius 3 is 2.53 bits per heavy atom. The average molecular weight is 264 g/mol. The van der Waals surface area contributed by atoms with Gasteiger partial charge in [0.15, 0.2) is 0 Å². The van der Waals surface area contributed by atoms with Crippen LogP contribution in [0.5, 0.6) is 0 Å². The lowest BCUT2D eigenvalue weighted by Gasteiger charge is -2.12. The van der Waals surface area contributed by atoms with Crippen molar-refractivity contribution in [1.29, 1.82) is 0 Å². The van der Waals surface area contributed by atoms with Gasteiger partial charge in [-0.1, -0.05) is 37.3 Å². The van der Waals surface area contributed by atoms with Gasteiger partial charge in [0.2, 0.25) is 0 Å². The van der Waals surface area contributed by atoms with E-state index >= 15 is 0 Å². The second-order valence-electron chi connectivity index (χ2n) is 4.59. The molecule has 1 unspecified atom stereocenters. The summed E-state index contributed by atoms with van der Waals surface area (Å²) in [6, 6.07) is 9.41. The summed E-state index contributed by atoms with van der Waals surface area (Å²) in [6.07, 6.45) is 0.697. The first kappa shape index (κ1) is 15.0. The van der Waals surface area contributed by atoms with E-state index in [1.807, 2.05) is 37.3 Å². The number of amides is 2. The molecule has 0 heterocycles. The van der Waals surface area contributed by atoms with Crippen LogP contribution in [0, 0.1) is 5.92 Å². The average Bonchev–Trinajstić information content (AvgIpc) is 2.41. The molecule has 5 nitrogen and oxygen atoms in total. The molecule has 0 saturated heterocycles. The number of rotatable bonds is 7. The van der Waals surface area contributed by atoms with Crippen molar-refractivity contribution in [3.63, 3.8) is 0 Å². The first-order valence-corrected chi connectivity index (χ1v) is 6.35. The Labute approximate surface area is 113 Å². The second kappa shape index (κ2) is 8.13. The molecule has 3 N–H and O–H groups in total. The molecule has 1 rings (SSSR count). The van der Waals surface area contributed by atoms with Crippen molar-refractivity contribution >= 4 is 12.0 Å². The van der Waals surface area contributed by atoms with Crippen molar-refractivity contribution in [2.24, 2.45) is 5.92 Å². The van der Waals surface area contributed by atoms with Gasteiger partial charge < -0.3 is 15.7 Å². The molecular weight excluding hydrogens is 244 g/mol. The van der Waals surface area contributed by atoms with Crippen LogP contribution in [0.4, 0.5) is 4.79 Å². The Bertz CT molecular complexity index is 406. The number of benzene rings is 1. The Balaban J connectivity index is 2.16.